The molecular weight excluding hydrogens is 284 g/mol. The van der Waals surface area contributed by atoms with Gasteiger partial charge in [-0.05, 0) is 31.5 Å². The lowest BCUT2D eigenvalue weighted by atomic mass is 10.1. The monoisotopic (exact) mass is 310 g/mol. The molecule has 5 heteroatoms. The molecule has 0 saturated carbocycles. The predicted octanol–water partition coefficient (Wildman–Crippen LogP) is 1.85. The predicted molar refractivity (Wildman–Crippen MR) is 87.2 cm³/mol. The van der Waals surface area contributed by atoms with Gasteiger partial charge >= 0.3 is 0 Å². The van der Waals surface area contributed by atoms with Crippen LogP contribution in [0.2, 0.25) is 0 Å². The third-order valence-electron chi connectivity index (χ3n) is 3.92. The summed E-state index contributed by atoms with van der Waals surface area (Å²) in [6, 6.07) is 10.7. The SMILES string of the molecule is CCCS(=O)(=O)CCN1CCCNC(c2ccccc2)C1. The summed E-state index contributed by atoms with van der Waals surface area (Å²) >= 11 is 0. The summed E-state index contributed by atoms with van der Waals surface area (Å²) in [5.74, 6) is 0.587. The molecule has 1 heterocycles. The maximum absolute atomic E-state index is 11.9. The number of nitrogens with zero attached hydrogens (tertiary/aromatic N) is 1. The first-order valence-corrected chi connectivity index (χ1v) is 9.64. The topological polar surface area (TPSA) is 49.4 Å². The minimum Gasteiger partial charge on any atom is -0.309 e. The quantitative estimate of drug-likeness (QED) is 0.871. The summed E-state index contributed by atoms with van der Waals surface area (Å²) < 4.78 is 23.7. The molecule has 1 fully saturated rings. The molecule has 0 aliphatic carbocycles. The Morgan fingerprint density at radius 2 is 2.00 bits per heavy atom. The van der Waals surface area contributed by atoms with Crippen molar-refractivity contribution in [1.82, 2.24) is 10.2 Å². The molecule has 1 aliphatic heterocycles. The van der Waals surface area contributed by atoms with E-state index in [-0.39, 0.29) is 5.75 Å². The van der Waals surface area contributed by atoms with Crippen LogP contribution < -0.4 is 5.32 Å². The molecule has 2 rings (SSSR count). The van der Waals surface area contributed by atoms with Crippen LogP contribution in [-0.4, -0.2) is 51.0 Å². The molecule has 118 valence electrons. The molecule has 1 aliphatic rings. The molecule has 0 spiro atoms. The maximum Gasteiger partial charge on any atom is 0.151 e. The van der Waals surface area contributed by atoms with Crippen molar-refractivity contribution in [1.29, 1.82) is 0 Å². The molecule has 1 saturated heterocycles. The molecule has 0 radical (unpaired) electrons. The van der Waals surface area contributed by atoms with Gasteiger partial charge in [-0.2, -0.15) is 0 Å². The fraction of sp³-hybridized carbons (Fsp3) is 0.625. The summed E-state index contributed by atoms with van der Waals surface area (Å²) in [5.41, 5.74) is 1.28. The van der Waals surface area contributed by atoms with Crippen LogP contribution in [0.25, 0.3) is 0 Å². The summed E-state index contributed by atoms with van der Waals surface area (Å²) in [5, 5.41) is 3.56. The van der Waals surface area contributed by atoms with E-state index >= 15 is 0 Å². The van der Waals surface area contributed by atoms with Gasteiger partial charge in [0.2, 0.25) is 0 Å². The second-order valence-corrected chi connectivity index (χ2v) is 8.03. The van der Waals surface area contributed by atoms with Gasteiger partial charge in [-0.15, -0.1) is 0 Å². The fourth-order valence-electron chi connectivity index (χ4n) is 2.79. The van der Waals surface area contributed by atoms with Crippen LogP contribution in [0.3, 0.4) is 0 Å². The number of rotatable bonds is 6. The van der Waals surface area contributed by atoms with E-state index in [2.05, 4.69) is 34.5 Å². The van der Waals surface area contributed by atoms with Crippen molar-refractivity contribution in [2.45, 2.75) is 25.8 Å². The van der Waals surface area contributed by atoms with Gasteiger partial charge < -0.3 is 10.2 Å². The zero-order valence-electron chi connectivity index (χ0n) is 12.8. The average Bonchev–Trinajstić information content (AvgIpc) is 2.72. The molecule has 0 amide bonds. The first-order chi connectivity index (χ1) is 10.1. The highest BCUT2D eigenvalue weighted by atomic mass is 32.2. The van der Waals surface area contributed by atoms with Crippen molar-refractivity contribution in [3.05, 3.63) is 35.9 Å². The van der Waals surface area contributed by atoms with Gasteiger partial charge in [0.25, 0.3) is 0 Å². The van der Waals surface area contributed by atoms with Gasteiger partial charge in [-0.3, -0.25) is 0 Å². The Labute approximate surface area is 128 Å². The second-order valence-electron chi connectivity index (χ2n) is 5.72. The lowest BCUT2D eigenvalue weighted by molar-refractivity contribution is 0.283. The third kappa shape index (κ3) is 5.41. The Morgan fingerprint density at radius 3 is 2.71 bits per heavy atom. The van der Waals surface area contributed by atoms with Crippen LogP contribution in [0.4, 0.5) is 0 Å². The molecule has 1 N–H and O–H groups in total. The first kappa shape index (κ1) is 16.5. The van der Waals surface area contributed by atoms with Crippen LogP contribution in [-0.2, 0) is 9.84 Å². The lowest BCUT2D eigenvalue weighted by Gasteiger charge is -2.24. The number of nitrogens with one attached hydrogen (secondary N) is 1. The maximum atomic E-state index is 11.9. The van der Waals surface area contributed by atoms with Gasteiger partial charge in [0, 0.05) is 24.9 Å². The van der Waals surface area contributed by atoms with Crippen molar-refractivity contribution >= 4 is 9.84 Å². The van der Waals surface area contributed by atoms with E-state index in [1.54, 1.807) is 0 Å². The van der Waals surface area contributed by atoms with E-state index in [9.17, 15) is 8.42 Å². The van der Waals surface area contributed by atoms with Crippen molar-refractivity contribution in [3.63, 3.8) is 0 Å². The Kier molecular flexibility index (Phi) is 6.21. The van der Waals surface area contributed by atoms with Gasteiger partial charge in [-0.1, -0.05) is 37.3 Å². The van der Waals surface area contributed by atoms with Crippen molar-refractivity contribution in [2.75, 3.05) is 37.7 Å². The lowest BCUT2D eigenvalue weighted by Crippen LogP contribution is -2.35. The Morgan fingerprint density at radius 1 is 1.24 bits per heavy atom. The largest absolute Gasteiger partial charge is 0.309 e. The molecule has 4 nitrogen and oxygen atoms in total. The summed E-state index contributed by atoms with van der Waals surface area (Å²) in [6.45, 7) is 5.40. The Balaban J connectivity index is 1.94. The molecule has 21 heavy (non-hydrogen) atoms. The van der Waals surface area contributed by atoms with Gasteiger partial charge in [0.05, 0.1) is 5.75 Å². The summed E-state index contributed by atoms with van der Waals surface area (Å²) in [7, 11) is -2.89. The fourth-order valence-corrected chi connectivity index (χ4v) is 4.15. The van der Waals surface area contributed by atoms with Gasteiger partial charge in [0.1, 0.15) is 0 Å². The second kappa shape index (κ2) is 7.92. The molecule has 1 atom stereocenters. The molecule has 0 aromatic heterocycles. The molecule has 1 unspecified atom stereocenters. The van der Waals surface area contributed by atoms with E-state index in [0.29, 0.717) is 24.8 Å². The summed E-state index contributed by atoms with van der Waals surface area (Å²) in [4.78, 5) is 2.28. The van der Waals surface area contributed by atoms with Crippen molar-refractivity contribution in [2.24, 2.45) is 0 Å². The highest BCUT2D eigenvalue weighted by Gasteiger charge is 2.20. The van der Waals surface area contributed by atoms with E-state index < -0.39 is 9.84 Å². The van der Waals surface area contributed by atoms with Crippen LogP contribution in [0.5, 0.6) is 0 Å². The number of sulfone groups is 1. The minimum absolute atomic E-state index is 0.280. The van der Waals surface area contributed by atoms with Crippen LogP contribution in [0.1, 0.15) is 31.4 Å². The average molecular weight is 310 g/mol. The number of hydrogen-bond donors (Lipinski definition) is 1. The highest BCUT2D eigenvalue weighted by molar-refractivity contribution is 7.91. The van der Waals surface area contributed by atoms with Crippen molar-refractivity contribution in [3.8, 4) is 0 Å². The molecule has 0 bridgehead atoms. The number of hydrogen-bond acceptors (Lipinski definition) is 4. The van der Waals surface area contributed by atoms with Crippen LogP contribution in [0.15, 0.2) is 30.3 Å². The smallest absolute Gasteiger partial charge is 0.151 e. The standard InChI is InChI=1S/C16H26N2O2S/c1-2-12-21(19,20)13-11-18-10-6-9-17-16(14-18)15-7-4-3-5-8-15/h3-5,7-8,16-17H,2,6,9-14H2,1H3. The third-order valence-corrected chi connectivity index (χ3v) is 5.75. The zero-order valence-corrected chi connectivity index (χ0v) is 13.6. The molecule has 1 aromatic carbocycles. The van der Waals surface area contributed by atoms with Gasteiger partial charge in [0.15, 0.2) is 9.84 Å². The normalized spacial score (nSPS) is 21.1. The van der Waals surface area contributed by atoms with Crippen LogP contribution in [0, 0.1) is 0 Å². The van der Waals surface area contributed by atoms with Crippen molar-refractivity contribution < 1.29 is 8.42 Å². The van der Waals surface area contributed by atoms with E-state index in [0.717, 1.165) is 26.1 Å². The highest BCUT2D eigenvalue weighted by Crippen LogP contribution is 2.16. The van der Waals surface area contributed by atoms with Crippen LogP contribution >= 0.6 is 0 Å². The van der Waals surface area contributed by atoms with E-state index in [1.165, 1.54) is 5.56 Å². The van der Waals surface area contributed by atoms with E-state index in [4.69, 9.17) is 0 Å². The number of benzene rings is 1. The summed E-state index contributed by atoms with van der Waals surface area (Å²) in [6.07, 6.45) is 1.77. The van der Waals surface area contributed by atoms with Gasteiger partial charge in [-0.25, -0.2) is 8.42 Å². The Bertz CT molecular complexity index is 516. The minimum atomic E-state index is -2.89. The molecular formula is C16H26N2O2S. The Hall–Kier alpha value is -0.910. The zero-order chi connectivity index (χ0) is 15.1. The molecule has 1 aromatic rings. The van der Waals surface area contributed by atoms with E-state index in [1.807, 2.05) is 13.0 Å². The first-order valence-electron chi connectivity index (χ1n) is 7.82.